The number of thiophene rings is 1. The highest BCUT2D eigenvalue weighted by Crippen LogP contribution is 2.33. The molecule has 1 aromatic heterocycles. The minimum absolute atomic E-state index is 0.0476. The van der Waals surface area contributed by atoms with Crippen LogP contribution in [0.25, 0.3) is 6.08 Å². The SMILES string of the molecule is COC(=O)c1c(NC(=O)/C(C#N)=C/c2ccccc2OC(C)C)sc(C)c1C. The fraction of sp³-hybridized carbons (Fsp3) is 0.286. The Balaban J connectivity index is 2.37. The molecule has 2 rings (SSSR count). The number of carbonyl (C=O) groups is 2. The van der Waals surface area contributed by atoms with Crippen LogP contribution in [0.15, 0.2) is 29.8 Å². The predicted octanol–water partition coefficient (Wildman–Crippen LogP) is 4.48. The molecule has 0 atom stereocenters. The molecule has 0 bridgehead atoms. The van der Waals surface area contributed by atoms with Gasteiger partial charge in [-0.05, 0) is 45.4 Å². The van der Waals surface area contributed by atoms with Crippen LogP contribution in [0.3, 0.4) is 0 Å². The first-order valence-corrected chi connectivity index (χ1v) is 9.47. The number of rotatable bonds is 6. The normalized spacial score (nSPS) is 11.1. The number of hydrogen-bond acceptors (Lipinski definition) is 6. The maximum absolute atomic E-state index is 12.7. The third kappa shape index (κ3) is 4.78. The zero-order valence-electron chi connectivity index (χ0n) is 16.5. The average molecular weight is 398 g/mol. The molecule has 0 aliphatic rings. The highest BCUT2D eigenvalue weighted by Gasteiger charge is 2.22. The fourth-order valence-corrected chi connectivity index (χ4v) is 3.54. The maximum Gasteiger partial charge on any atom is 0.341 e. The quantitative estimate of drug-likeness (QED) is 0.440. The fourth-order valence-electron chi connectivity index (χ4n) is 2.50. The van der Waals surface area contributed by atoms with Crippen LogP contribution < -0.4 is 10.1 Å². The van der Waals surface area contributed by atoms with Crippen LogP contribution in [0, 0.1) is 25.2 Å². The number of para-hydroxylation sites is 1. The van der Waals surface area contributed by atoms with Gasteiger partial charge in [0.2, 0.25) is 0 Å². The van der Waals surface area contributed by atoms with E-state index in [2.05, 4.69) is 5.32 Å². The van der Waals surface area contributed by atoms with Crippen LogP contribution in [0.4, 0.5) is 5.00 Å². The third-order valence-corrected chi connectivity index (χ3v) is 5.07. The number of nitriles is 1. The molecule has 0 aliphatic heterocycles. The van der Waals surface area contributed by atoms with Crippen LogP contribution in [0.1, 0.15) is 40.2 Å². The number of ether oxygens (including phenoxy) is 2. The van der Waals surface area contributed by atoms with Gasteiger partial charge in [-0.15, -0.1) is 11.3 Å². The molecule has 0 saturated heterocycles. The number of nitrogens with zero attached hydrogens (tertiary/aromatic N) is 1. The Morgan fingerprint density at radius 2 is 1.93 bits per heavy atom. The minimum atomic E-state index is -0.603. The number of methoxy groups -OCH3 is 1. The van der Waals surface area contributed by atoms with Crippen molar-refractivity contribution in [2.75, 3.05) is 12.4 Å². The van der Waals surface area contributed by atoms with E-state index in [-0.39, 0.29) is 11.7 Å². The molecular weight excluding hydrogens is 376 g/mol. The molecule has 6 nitrogen and oxygen atoms in total. The zero-order valence-corrected chi connectivity index (χ0v) is 17.3. The average Bonchev–Trinajstić information content (AvgIpc) is 2.93. The Bertz CT molecular complexity index is 967. The van der Waals surface area contributed by atoms with Crippen molar-refractivity contribution < 1.29 is 19.1 Å². The summed E-state index contributed by atoms with van der Waals surface area (Å²) in [5.41, 5.74) is 1.57. The summed E-state index contributed by atoms with van der Waals surface area (Å²) in [5.74, 6) is -0.556. The number of amides is 1. The summed E-state index contributed by atoms with van der Waals surface area (Å²) >= 11 is 1.26. The molecule has 0 fully saturated rings. The van der Waals surface area contributed by atoms with E-state index >= 15 is 0 Å². The van der Waals surface area contributed by atoms with Gasteiger partial charge in [-0.2, -0.15) is 5.26 Å². The summed E-state index contributed by atoms with van der Waals surface area (Å²) in [7, 11) is 1.28. The van der Waals surface area contributed by atoms with Gasteiger partial charge in [0, 0.05) is 10.4 Å². The van der Waals surface area contributed by atoms with Gasteiger partial charge in [0.1, 0.15) is 22.4 Å². The first-order valence-electron chi connectivity index (χ1n) is 8.65. The molecule has 0 unspecified atom stereocenters. The lowest BCUT2D eigenvalue weighted by Gasteiger charge is -2.12. The molecule has 1 N–H and O–H groups in total. The van der Waals surface area contributed by atoms with Gasteiger partial charge in [-0.3, -0.25) is 4.79 Å². The number of benzene rings is 1. The summed E-state index contributed by atoms with van der Waals surface area (Å²) in [6.45, 7) is 7.43. The summed E-state index contributed by atoms with van der Waals surface area (Å²) in [5, 5.41) is 12.5. The Morgan fingerprint density at radius 1 is 1.25 bits per heavy atom. The number of esters is 1. The van der Waals surface area contributed by atoms with E-state index in [0.717, 1.165) is 10.4 Å². The van der Waals surface area contributed by atoms with E-state index in [9.17, 15) is 14.9 Å². The van der Waals surface area contributed by atoms with Gasteiger partial charge in [-0.1, -0.05) is 18.2 Å². The van der Waals surface area contributed by atoms with Crippen LogP contribution in [-0.2, 0) is 9.53 Å². The van der Waals surface area contributed by atoms with Crippen molar-refractivity contribution in [3.63, 3.8) is 0 Å². The highest BCUT2D eigenvalue weighted by molar-refractivity contribution is 7.16. The molecule has 0 spiro atoms. The first kappa shape index (κ1) is 21.2. The second-order valence-corrected chi connectivity index (χ2v) is 7.53. The van der Waals surface area contributed by atoms with Crippen LogP contribution in [0.2, 0.25) is 0 Å². The Hall–Kier alpha value is -3.11. The standard InChI is InChI=1S/C21H22N2O4S/c1-12(2)27-17-9-7-6-8-15(17)10-16(11-22)19(24)23-20-18(21(25)26-5)13(3)14(4)28-20/h6-10,12H,1-5H3,(H,23,24)/b16-10+. The molecule has 1 heterocycles. The Kier molecular flexibility index (Phi) is 6.96. The van der Waals surface area contributed by atoms with Crippen molar-refractivity contribution in [3.8, 4) is 11.8 Å². The van der Waals surface area contributed by atoms with E-state index in [1.54, 1.807) is 25.1 Å². The van der Waals surface area contributed by atoms with Gasteiger partial charge >= 0.3 is 5.97 Å². The van der Waals surface area contributed by atoms with Gasteiger partial charge in [0.25, 0.3) is 5.91 Å². The van der Waals surface area contributed by atoms with Gasteiger partial charge in [0.05, 0.1) is 18.8 Å². The number of hydrogen-bond donors (Lipinski definition) is 1. The lowest BCUT2D eigenvalue weighted by atomic mass is 10.1. The zero-order chi connectivity index (χ0) is 20.8. The lowest BCUT2D eigenvalue weighted by molar-refractivity contribution is -0.112. The molecule has 7 heteroatoms. The molecule has 0 radical (unpaired) electrons. The van der Waals surface area contributed by atoms with Gasteiger partial charge in [-0.25, -0.2) is 4.79 Å². The Labute approximate surface area is 168 Å². The van der Waals surface area contributed by atoms with Crippen LogP contribution >= 0.6 is 11.3 Å². The first-order chi connectivity index (χ1) is 13.3. The van der Waals surface area contributed by atoms with E-state index in [0.29, 0.717) is 21.9 Å². The van der Waals surface area contributed by atoms with Crippen molar-refractivity contribution in [3.05, 3.63) is 51.4 Å². The van der Waals surface area contributed by atoms with E-state index < -0.39 is 11.9 Å². The summed E-state index contributed by atoms with van der Waals surface area (Å²) < 4.78 is 10.5. The van der Waals surface area contributed by atoms with Gasteiger partial charge < -0.3 is 14.8 Å². The molecule has 2 aromatic rings. The van der Waals surface area contributed by atoms with Crippen molar-refractivity contribution in [2.45, 2.75) is 33.8 Å². The molecule has 1 aromatic carbocycles. The second-order valence-electron chi connectivity index (χ2n) is 6.31. The van der Waals surface area contributed by atoms with Crippen molar-refractivity contribution in [1.29, 1.82) is 5.26 Å². The highest BCUT2D eigenvalue weighted by atomic mass is 32.1. The van der Waals surface area contributed by atoms with Crippen molar-refractivity contribution in [2.24, 2.45) is 0 Å². The summed E-state index contributed by atoms with van der Waals surface area (Å²) in [6, 6.07) is 9.08. The molecular formula is C21H22N2O4S. The molecule has 28 heavy (non-hydrogen) atoms. The predicted molar refractivity (Wildman–Crippen MR) is 110 cm³/mol. The number of carbonyl (C=O) groups excluding carboxylic acids is 2. The van der Waals surface area contributed by atoms with E-state index in [4.69, 9.17) is 9.47 Å². The summed E-state index contributed by atoms with van der Waals surface area (Å²) in [4.78, 5) is 25.6. The largest absolute Gasteiger partial charge is 0.490 e. The Morgan fingerprint density at radius 3 is 2.54 bits per heavy atom. The van der Waals surface area contributed by atoms with Crippen molar-refractivity contribution >= 4 is 34.3 Å². The minimum Gasteiger partial charge on any atom is -0.490 e. The monoisotopic (exact) mass is 398 g/mol. The van der Waals surface area contributed by atoms with Gasteiger partial charge in [0.15, 0.2) is 0 Å². The lowest BCUT2D eigenvalue weighted by Crippen LogP contribution is -2.15. The third-order valence-electron chi connectivity index (χ3n) is 3.95. The maximum atomic E-state index is 12.7. The van der Waals surface area contributed by atoms with Crippen LogP contribution in [0.5, 0.6) is 5.75 Å². The molecule has 0 saturated carbocycles. The number of aryl methyl sites for hydroxylation is 1. The molecule has 0 aliphatic carbocycles. The number of nitrogens with one attached hydrogen (secondary N) is 1. The van der Waals surface area contributed by atoms with E-state index in [1.807, 2.05) is 32.9 Å². The number of anilines is 1. The second kappa shape index (κ2) is 9.20. The topological polar surface area (TPSA) is 88.4 Å². The van der Waals surface area contributed by atoms with Crippen LogP contribution in [-0.4, -0.2) is 25.1 Å². The smallest absolute Gasteiger partial charge is 0.341 e. The molecule has 146 valence electrons. The van der Waals surface area contributed by atoms with Crippen molar-refractivity contribution in [1.82, 2.24) is 0 Å². The summed E-state index contributed by atoms with van der Waals surface area (Å²) in [6.07, 6.45) is 1.42. The van der Waals surface area contributed by atoms with E-state index in [1.165, 1.54) is 24.5 Å². The molecule has 1 amide bonds.